The summed E-state index contributed by atoms with van der Waals surface area (Å²) in [7, 11) is 0. The molecule has 0 radical (unpaired) electrons. The first kappa shape index (κ1) is 12.0. The van der Waals surface area contributed by atoms with Gasteiger partial charge in [0, 0.05) is 11.0 Å². The fraction of sp³-hybridized carbons (Fsp3) is 0.462. The number of para-hydroxylation sites is 1. The average molecular weight is 310 g/mol. The molecule has 0 saturated carbocycles. The summed E-state index contributed by atoms with van der Waals surface area (Å²) in [6, 6.07) is 5.87. The number of piperidine rings is 1. The van der Waals surface area contributed by atoms with E-state index in [0.29, 0.717) is 5.92 Å². The molecule has 1 aliphatic heterocycles. The molecule has 18 heavy (non-hydrogen) atoms. The number of aromatic nitrogens is 2. The summed E-state index contributed by atoms with van der Waals surface area (Å²) in [5, 5.41) is 3.35. The zero-order chi connectivity index (χ0) is 12.5. The Morgan fingerprint density at radius 3 is 2.89 bits per heavy atom. The van der Waals surface area contributed by atoms with Crippen LogP contribution in [0.5, 0.6) is 0 Å². The molecule has 0 atom stereocenters. The highest BCUT2D eigenvalue weighted by atomic mass is 79.9. The molecule has 1 fully saturated rings. The molecule has 2 aromatic rings. The first-order chi connectivity index (χ1) is 8.75. The highest BCUT2D eigenvalue weighted by Gasteiger charge is 2.17. The number of halogens is 1. The summed E-state index contributed by atoms with van der Waals surface area (Å²) >= 11 is 3.53. The highest BCUT2D eigenvalue weighted by molar-refractivity contribution is 9.10. The van der Waals surface area contributed by atoms with E-state index in [9.17, 15) is 4.79 Å². The maximum atomic E-state index is 12.0. The highest BCUT2D eigenvalue weighted by Crippen LogP contribution is 2.23. The zero-order valence-electron chi connectivity index (χ0n) is 10.1. The van der Waals surface area contributed by atoms with Crippen molar-refractivity contribution in [2.75, 3.05) is 13.1 Å². The lowest BCUT2D eigenvalue weighted by atomic mass is 9.98. The quantitative estimate of drug-likeness (QED) is 0.892. The van der Waals surface area contributed by atoms with Gasteiger partial charge in [0.1, 0.15) is 0 Å². The van der Waals surface area contributed by atoms with E-state index in [1.807, 2.05) is 22.8 Å². The normalized spacial score (nSPS) is 17.4. The molecule has 0 bridgehead atoms. The van der Waals surface area contributed by atoms with E-state index in [4.69, 9.17) is 0 Å². The maximum absolute atomic E-state index is 12.0. The van der Waals surface area contributed by atoms with Gasteiger partial charge in [0.2, 0.25) is 0 Å². The minimum atomic E-state index is -0.00423. The van der Waals surface area contributed by atoms with Crippen molar-refractivity contribution < 1.29 is 0 Å². The van der Waals surface area contributed by atoms with E-state index < -0.39 is 0 Å². The lowest BCUT2D eigenvalue weighted by Crippen LogP contribution is -2.32. The van der Waals surface area contributed by atoms with Crippen LogP contribution in [-0.2, 0) is 6.54 Å². The molecule has 0 spiro atoms. The number of hydrogen-bond donors (Lipinski definition) is 2. The van der Waals surface area contributed by atoms with Crippen molar-refractivity contribution in [3.05, 3.63) is 33.2 Å². The summed E-state index contributed by atoms with van der Waals surface area (Å²) in [6.07, 6.45) is 2.28. The van der Waals surface area contributed by atoms with Gasteiger partial charge >= 0.3 is 5.69 Å². The summed E-state index contributed by atoms with van der Waals surface area (Å²) in [6.45, 7) is 2.93. The molecule has 1 aromatic heterocycles. The van der Waals surface area contributed by atoms with Gasteiger partial charge in [0.05, 0.1) is 11.0 Å². The molecule has 1 aromatic carbocycles. The van der Waals surface area contributed by atoms with Crippen molar-refractivity contribution in [2.24, 2.45) is 5.92 Å². The number of hydrogen-bond acceptors (Lipinski definition) is 2. The predicted octanol–water partition coefficient (Wildman–Crippen LogP) is 2.09. The van der Waals surface area contributed by atoms with Crippen LogP contribution in [-0.4, -0.2) is 22.6 Å². The van der Waals surface area contributed by atoms with Crippen LogP contribution >= 0.6 is 15.9 Å². The van der Waals surface area contributed by atoms with Crippen molar-refractivity contribution in [1.29, 1.82) is 0 Å². The zero-order valence-corrected chi connectivity index (χ0v) is 11.7. The minimum Gasteiger partial charge on any atom is -0.317 e. The van der Waals surface area contributed by atoms with Crippen LogP contribution < -0.4 is 11.0 Å². The molecule has 2 N–H and O–H groups in total. The number of nitrogens with one attached hydrogen (secondary N) is 2. The summed E-state index contributed by atoms with van der Waals surface area (Å²) in [5.74, 6) is 0.593. The van der Waals surface area contributed by atoms with Crippen molar-refractivity contribution in [1.82, 2.24) is 14.9 Å². The maximum Gasteiger partial charge on any atom is 0.326 e. The number of aromatic amines is 1. The molecule has 5 heteroatoms. The van der Waals surface area contributed by atoms with Gasteiger partial charge in [0.15, 0.2) is 0 Å². The lowest BCUT2D eigenvalue weighted by molar-refractivity contribution is 0.333. The molecular formula is C13H16BrN3O. The van der Waals surface area contributed by atoms with Gasteiger partial charge in [-0.25, -0.2) is 4.79 Å². The second kappa shape index (κ2) is 4.90. The molecule has 96 valence electrons. The second-order valence-electron chi connectivity index (χ2n) is 4.87. The van der Waals surface area contributed by atoms with E-state index in [0.717, 1.165) is 48.0 Å². The second-order valence-corrected chi connectivity index (χ2v) is 5.72. The Morgan fingerprint density at radius 2 is 2.11 bits per heavy atom. The van der Waals surface area contributed by atoms with Crippen LogP contribution in [0, 0.1) is 5.92 Å². The predicted molar refractivity (Wildman–Crippen MR) is 75.9 cm³/mol. The lowest BCUT2D eigenvalue weighted by Gasteiger charge is -2.22. The summed E-state index contributed by atoms with van der Waals surface area (Å²) < 4.78 is 2.85. The van der Waals surface area contributed by atoms with Crippen molar-refractivity contribution in [3.63, 3.8) is 0 Å². The summed E-state index contributed by atoms with van der Waals surface area (Å²) in [5.41, 5.74) is 1.89. The molecule has 0 aliphatic carbocycles. The van der Waals surface area contributed by atoms with Gasteiger partial charge in [-0.05, 0) is 59.9 Å². The Kier molecular flexibility index (Phi) is 3.26. The van der Waals surface area contributed by atoms with Gasteiger partial charge in [-0.1, -0.05) is 6.07 Å². The van der Waals surface area contributed by atoms with E-state index >= 15 is 0 Å². The smallest absolute Gasteiger partial charge is 0.317 e. The first-order valence-corrected chi connectivity index (χ1v) is 7.13. The van der Waals surface area contributed by atoms with Gasteiger partial charge in [-0.15, -0.1) is 0 Å². The fourth-order valence-electron chi connectivity index (χ4n) is 2.67. The third kappa shape index (κ3) is 2.12. The fourth-order valence-corrected chi connectivity index (χ4v) is 3.25. The summed E-state index contributed by atoms with van der Waals surface area (Å²) in [4.78, 5) is 15.0. The number of rotatable bonds is 2. The number of nitrogens with zero attached hydrogens (tertiary/aromatic N) is 1. The molecule has 2 heterocycles. The number of imidazole rings is 1. The Hall–Kier alpha value is -1.07. The van der Waals surface area contributed by atoms with Crippen LogP contribution in [0.1, 0.15) is 12.8 Å². The van der Waals surface area contributed by atoms with Crippen molar-refractivity contribution in [2.45, 2.75) is 19.4 Å². The number of fused-ring (bicyclic) bond motifs is 1. The Bertz CT molecular complexity index is 610. The minimum absolute atomic E-state index is 0.00423. The standard InChI is InChI=1S/C13H16BrN3O/c14-10-2-1-3-11-12(10)17(13(18)16-11)8-9-4-6-15-7-5-9/h1-3,9,15H,4-8H2,(H,16,18). The SMILES string of the molecule is O=c1[nH]c2cccc(Br)c2n1CC1CCNCC1. The van der Waals surface area contributed by atoms with E-state index in [-0.39, 0.29) is 5.69 Å². The number of H-pyrrole nitrogens is 1. The van der Waals surface area contributed by atoms with Crippen LogP contribution in [0.15, 0.2) is 27.5 Å². The molecule has 3 rings (SSSR count). The van der Waals surface area contributed by atoms with Gasteiger partial charge in [-0.2, -0.15) is 0 Å². The van der Waals surface area contributed by atoms with Gasteiger partial charge in [0.25, 0.3) is 0 Å². The Morgan fingerprint density at radius 1 is 1.33 bits per heavy atom. The molecule has 0 unspecified atom stereocenters. The Balaban J connectivity index is 2.00. The van der Waals surface area contributed by atoms with Crippen molar-refractivity contribution in [3.8, 4) is 0 Å². The third-order valence-electron chi connectivity index (χ3n) is 3.64. The monoisotopic (exact) mass is 309 g/mol. The van der Waals surface area contributed by atoms with Crippen LogP contribution in [0.25, 0.3) is 11.0 Å². The molecule has 1 aliphatic rings. The van der Waals surface area contributed by atoms with Crippen LogP contribution in [0.4, 0.5) is 0 Å². The van der Waals surface area contributed by atoms with Crippen LogP contribution in [0.3, 0.4) is 0 Å². The van der Waals surface area contributed by atoms with Crippen molar-refractivity contribution >= 4 is 27.0 Å². The molecule has 1 saturated heterocycles. The van der Waals surface area contributed by atoms with E-state index in [2.05, 4.69) is 26.2 Å². The average Bonchev–Trinajstić information content (AvgIpc) is 2.69. The van der Waals surface area contributed by atoms with E-state index in [1.165, 1.54) is 0 Å². The van der Waals surface area contributed by atoms with Crippen LogP contribution in [0.2, 0.25) is 0 Å². The van der Waals surface area contributed by atoms with E-state index in [1.54, 1.807) is 0 Å². The largest absolute Gasteiger partial charge is 0.326 e. The van der Waals surface area contributed by atoms with Gasteiger partial charge in [-0.3, -0.25) is 4.57 Å². The number of benzene rings is 1. The topological polar surface area (TPSA) is 49.8 Å². The molecule has 4 nitrogen and oxygen atoms in total. The molecular weight excluding hydrogens is 294 g/mol. The Labute approximate surface area is 114 Å². The molecule has 0 amide bonds. The third-order valence-corrected chi connectivity index (χ3v) is 4.28. The first-order valence-electron chi connectivity index (χ1n) is 6.33. The van der Waals surface area contributed by atoms with Gasteiger partial charge < -0.3 is 10.3 Å².